The van der Waals surface area contributed by atoms with Crippen LogP contribution >= 0.6 is 0 Å². The Kier molecular flexibility index (Phi) is 10.1. The fraction of sp³-hybridized carbons (Fsp3) is 0.500. The fourth-order valence-corrected chi connectivity index (χ4v) is 2.34. The van der Waals surface area contributed by atoms with Crippen LogP contribution in [-0.2, 0) is 25.5 Å². The molecule has 25 heavy (non-hydrogen) atoms. The van der Waals surface area contributed by atoms with Crippen molar-refractivity contribution in [3.63, 3.8) is 0 Å². The third-order valence-electron chi connectivity index (χ3n) is 3.68. The summed E-state index contributed by atoms with van der Waals surface area (Å²) < 4.78 is 15.0. The summed E-state index contributed by atoms with van der Waals surface area (Å²) in [4.78, 5) is 23.7. The highest BCUT2D eigenvalue weighted by atomic mass is 16.6. The lowest BCUT2D eigenvalue weighted by atomic mass is 10.0. The average molecular weight is 348 g/mol. The average Bonchev–Trinajstić information content (AvgIpc) is 2.61. The highest BCUT2D eigenvalue weighted by Crippen LogP contribution is 2.14. The normalized spacial score (nSPS) is 10.9. The molecule has 0 fully saturated rings. The van der Waals surface area contributed by atoms with Crippen molar-refractivity contribution in [2.24, 2.45) is 5.92 Å². The summed E-state index contributed by atoms with van der Waals surface area (Å²) in [6.45, 7) is 3.94. The van der Waals surface area contributed by atoms with Gasteiger partial charge in [-0.15, -0.1) is 0 Å². The molecule has 0 heterocycles. The largest absolute Gasteiger partial charge is 0.497 e. The Labute approximate surface area is 150 Å². The summed E-state index contributed by atoms with van der Waals surface area (Å²) in [5, 5.41) is 0. The molecule has 1 rings (SSSR count). The van der Waals surface area contributed by atoms with Gasteiger partial charge in [-0.1, -0.05) is 24.3 Å². The smallest absolute Gasteiger partial charge is 0.320 e. The van der Waals surface area contributed by atoms with E-state index in [0.717, 1.165) is 25.0 Å². The lowest BCUT2D eigenvalue weighted by Crippen LogP contribution is -2.27. The number of benzene rings is 1. The second-order valence-electron chi connectivity index (χ2n) is 5.50. The quantitative estimate of drug-likeness (QED) is 0.264. The first kappa shape index (κ1) is 20.7. The van der Waals surface area contributed by atoms with Gasteiger partial charge in [0.1, 0.15) is 5.75 Å². The molecule has 0 spiro atoms. The predicted molar refractivity (Wildman–Crippen MR) is 96.4 cm³/mol. The van der Waals surface area contributed by atoms with E-state index >= 15 is 0 Å². The van der Waals surface area contributed by atoms with Crippen LogP contribution in [0.3, 0.4) is 0 Å². The number of ether oxygens (including phenoxy) is 3. The molecule has 0 saturated carbocycles. The first-order valence-corrected chi connectivity index (χ1v) is 8.73. The molecule has 0 bridgehead atoms. The van der Waals surface area contributed by atoms with Crippen LogP contribution in [0.2, 0.25) is 0 Å². The lowest BCUT2D eigenvalue weighted by molar-refractivity contribution is -0.161. The number of unbranched alkanes of at least 4 members (excludes halogenated alkanes) is 1. The number of aryl methyl sites for hydroxylation is 1. The molecule has 0 aromatic heterocycles. The maximum Gasteiger partial charge on any atom is 0.320 e. The number of carbonyl (C=O) groups is 2. The number of hydrogen-bond acceptors (Lipinski definition) is 5. The summed E-state index contributed by atoms with van der Waals surface area (Å²) in [7, 11) is 1.65. The van der Waals surface area contributed by atoms with E-state index in [4.69, 9.17) is 14.2 Å². The van der Waals surface area contributed by atoms with Gasteiger partial charge in [-0.3, -0.25) is 9.59 Å². The molecule has 0 atom stereocenters. The summed E-state index contributed by atoms with van der Waals surface area (Å²) in [6, 6.07) is 8.02. The number of carbonyl (C=O) groups excluding carboxylic acids is 2. The minimum atomic E-state index is -0.877. The summed E-state index contributed by atoms with van der Waals surface area (Å²) in [6.07, 6.45) is 6.99. The molecule has 1 aromatic carbocycles. The molecule has 0 aliphatic rings. The van der Waals surface area contributed by atoms with E-state index in [2.05, 4.69) is 12.1 Å². The molecule has 5 nitrogen and oxygen atoms in total. The standard InChI is InChI=1S/C20H28O5/c1-4-24-19(21)18(20(22)25-5-2)11-9-7-6-8-10-16-12-14-17(23-3)15-13-16/h7,9,12-15,18H,4-6,8,10-11H2,1-3H3/b9-7+. The van der Waals surface area contributed by atoms with E-state index in [-0.39, 0.29) is 13.2 Å². The minimum absolute atomic E-state index is 0.250. The second-order valence-corrected chi connectivity index (χ2v) is 5.50. The Bertz CT molecular complexity index is 530. The van der Waals surface area contributed by atoms with Gasteiger partial charge in [0, 0.05) is 0 Å². The van der Waals surface area contributed by atoms with Gasteiger partial charge in [0.05, 0.1) is 20.3 Å². The van der Waals surface area contributed by atoms with E-state index in [1.54, 1.807) is 21.0 Å². The Hall–Kier alpha value is -2.30. The zero-order valence-corrected chi connectivity index (χ0v) is 15.3. The molecule has 0 saturated heterocycles. The van der Waals surface area contributed by atoms with Crippen molar-refractivity contribution in [2.45, 2.75) is 39.5 Å². The van der Waals surface area contributed by atoms with Gasteiger partial charge >= 0.3 is 11.9 Å². The highest BCUT2D eigenvalue weighted by molar-refractivity contribution is 5.95. The van der Waals surface area contributed by atoms with Crippen molar-refractivity contribution in [1.82, 2.24) is 0 Å². The topological polar surface area (TPSA) is 61.8 Å². The second kappa shape index (κ2) is 12.1. The van der Waals surface area contributed by atoms with E-state index in [0.29, 0.717) is 6.42 Å². The molecule has 0 amide bonds. The van der Waals surface area contributed by atoms with Gasteiger partial charge in [-0.2, -0.15) is 0 Å². The first-order valence-electron chi connectivity index (χ1n) is 8.73. The number of esters is 2. The van der Waals surface area contributed by atoms with Crippen LogP contribution in [0.5, 0.6) is 5.75 Å². The van der Waals surface area contributed by atoms with Gasteiger partial charge in [-0.05, 0) is 57.2 Å². The van der Waals surface area contributed by atoms with Crippen LogP contribution in [0.4, 0.5) is 0 Å². The Morgan fingerprint density at radius 1 is 1.00 bits per heavy atom. The zero-order valence-electron chi connectivity index (χ0n) is 15.3. The maximum absolute atomic E-state index is 11.8. The highest BCUT2D eigenvalue weighted by Gasteiger charge is 2.27. The first-order chi connectivity index (χ1) is 12.1. The monoisotopic (exact) mass is 348 g/mol. The Balaban J connectivity index is 2.39. The molecule has 138 valence electrons. The van der Waals surface area contributed by atoms with Crippen molar-refractivity contribution >= 4 is 11.9 Å². The SMILES string of the molecule is CCOC(=O)C(C/C=C/CCCc1ccc(OC)cc1)C(=O)OCC. The third-order valence-corrected chi connectivity index (χ3v) is 3.68. The summed E-state index contributed by atoms with van der Waals surface area (Å²) in [5.74, 6) is -1.07. The molecule has 0 radical (unpaired) electrons. The zero-order chi connectivity index (χ0) is 18.5. The molecule has 0 aliphatic heterocycles. The van der Waals surface area contributed by atoms with Crippen LogP contribution in [0.25, 0.3) is 0 Å². The minimum Gasteiger partial charge on any atom is -0.497 e. The summed E-state index contributed by atoms with van der Waals surface area (Å²) in [5.41, 5.74) is 1.25. The van der Waals surface area contributed by atoms with Gasteiger partial charge in [-0.25, -0.2) is 0 Å². The van der Waals surface area contributed by atoms with E-state index in [9.17, 15) is 9.59 Å². The molecule has 0 aliphatic carbocycles. The maximum atomic E-state index is 11.8. The van der Waals surface area contributed by atoms with Crippen molar-refractivity contribution in [3.05, 3.63) is 42.0 Å². The van der Waals surface area contributed by atoms with Gasteiger partial charge < -0.3 is 14.2 Å². The van der Waals surface area contributed by atoms with E-state index in [1.165, 1.54) is 5.56 Å². The van der Waals surface area contributed by atoms with Crippen molar-refractivity contribution in [1.29, 1.82) is 0 Å². The number of hydrogen-bond donors (Lipinski definition) is 0. The Morgan fingerprint density at radius 2 is 1.60 bits per heavy atom. The van der Waals surface area contributed by atoms with Gasteiger partial charge in [0.25, 0.3) is 0 Å². The van der Waals surface area contributed by atoms with Crippen LogP contribution in [0.1, 0.15) is 38.7 Å². The van der Waals surface area contributed by atoms with Crippen LogP contribution in [0, 0.1) is 5.92 Å². The Morgan fingerprint density at radius 3 is 2.12 bits per heavy atom. The number of methoxy groups -OCH3 is 1. The molecule has 1 aromatic rings. The van der Waals surface area contributed by atoms with Crippen LogP contribution < -0.4 is 4.74 Å². The molecular formula is C20H28O5. The number of rotatable bonds is 11. The van der Waals surface area contributed by atoms with Crippen molar-refractivity contribution < 1.29 is 23.8 Å². The van der Waals surface area contributed by atoms with Gasteiger partial charge in [0.2, 0.25) is 0 Å². The van der Waals surface area contributed by atoms with Crippen molar-refractivity contribution in [3.8, 4) is 5.75 Å². The predicted octanol–water partition coefficient (Wildman–Crippen LogP) is 3.71. The van der Waals surface area contributed by atoms with Crippen LogP contribution in [-0.4, -0.2) is 32.3 Å². The van der Waals surface area contributed by atoms with E-state index < -0.39 is 17.9 Å². The summed E-state index contributed by atoms with van der Waals surface area (Å²) >= 11 is 0. The molecule has 0 N–H and O–H groups in total. The van der Waals surface area contributed by atoms with Crippen molar-refractivity contribution in [2.75, 3.05) is 20.3 Å². The van der Waals surface area contributed by atoms with Gasteiger partial charge in [0.15, 0.2) is 5.92 Å². The van der Waals surface area contributed by atoms with Crippen LogP contribution in [0.15, 0.2) is 36.4 Å². The molecule has 0 unspecified atom stereocenters. The van der Waals surface area contributed by atoms with E-state index in [1.807, 2.05) is 24.3 Å². The number of allylic oxidation sites excluding steroid dienone is 2. The third kappa shape index (κ3) is 7.88. The lowest BCUT2D eigenvalue weighted by Gasteiger charge is -2.12. The fourth-order valence-electron chi connectivity index (χ4n) is 2.34. The molecular weight excluding hydrogens is 320 g/mol. The molecule has 5 heteroatoms.